The summed E-state index contributed by atoms with van der Waals surface area (Å²) in [5.41, 5.74) is 5.59. The van der Waals surface area contributed by atoms with Crippen LogP contribution in [0.1, 0.15) is 23.2 Å². The van der Waals surface area contributed by atoms with Gasteiger partial charge in [0.25, 0.3) is 11.6 Å². The van der Waals surface area contributed by atoms with Crippen LogP contribution in [0.25, 0.3) is 0 Å². The van der Waals surface area contributed by atoms with Crippen molar-refractivity contribution in [2.24, 2.45) is 0 Å². The van der Waals surface area contributed by atoms with E-state index in [0.29, 0.717) is 6.54 Å². The van der Waals surface area contributed by atoms with Crippen LogP contribution in [0.4, 0.5) is 11.5 Å². The molecule has 8 heteroatoms. The Morgan fingerprint density at radius 1 is 1.62 bits per heavy atom. The van der Waals surface area contributed by atoms with Gasteiger partial charge in [0.15, 0.2) is 0 Å². The molecule has 21 heavy (non-hydrogen) atoms. The second-order valence-electron chi connectivity index (χ2n) is 5.44. The highest BCUT2D eigenvalue weighted by Gasteiger charge is 2.31. The van der Waals surface area contributed by atoms with E-state index in [4.69, 9.17) is 5.73 Å². The lowest BCUT2D eigenvalue weighted by Gasteiger charge is -2.27. The maximum Gasteiger partial charge on any atom is 0.288 e. The van der Waals surface area contributed by atoms with E-state index >= 15 is 0 Å². The van der Waals surface area contributed by atoms with Gasteiger partial charge in [-0.2, -0.15) is 0 Å². The molecular formula is C13H19N5O3. The van der Waals surface area contributed by atoms with Crippen LogP contribution in [-0.4, -0.2) is 58.8 Å². The molecule has 1 atom stereocenters. The number of likely N-dealkylation sites (N-methyl/N-ethyl adjacent to an activating group) is 1. The first-order valence-electron chi connectivity index (χ1n) is 6.75. The molecule has 1 aromatic rings. The number of hydrogen-bond acceptors (Lipinski definition) is 6. The molecule has 1 amide bonds. The Labute approximate surface area is 122 Å². The Morgan fingerprint density at radius 3 is 2.95 bits per heavy atom. The van der Waals surface area contributed by atoms with Gasteiger partial charge in [-0.15, -0.1) is 0 Å². The Bertz CT molecular complexity index is 561. The topological polar surface area (TPSA) is 106 Å². The fraction of sp³-hybridized carbons (Fsp3) is 0.538. The largest absolute Gasteiger partial charge is 0.383 e. The smallest absolute Gasteiger partial charge is 0.288 e. The summed E-state index contributed by atoms with van der Waals surface area (Å²) < 4.78 is 0. The van der Waals surface area contributed by atoms with Crippen LogP contribution in [0.2, 0.25) is 0 Å². The van der Waals surface area contributed by atoms with Crippen molar-refractivity contribution >= 4 is 17.4 Å². The van der Waals surface area contributed by atoms with Crippen molar-refractivity contribution in [3.63, 3.8) is 0 Å². The van der Waals surface area contributed by atoms with Gasteiger partial charge in [-0.1, -0.05) is 0 Å². The molecule has 2 heterocycles. The second-order valence-corrected chi connectivity index (χ2v) is 5.44. The highest BCUT2D eigenvalue weighted by Crippen LogP contribution is 2.24. The van der Waals surface area contributed by atoms with Crippen LogP contribution in [0.15, 0.2) is 12.3 Å². The number of hydrogen-bond donors (Lipinski definition) is 1. The van der Waals surface area contributed by atoms with Crippen molar-refractivity contribution in [1.29, 1.82) is 0 Å². The molecule has 0 bridgehead atoms. The summed E-state index contributed by atoms with van der Waals surface area (Å²) in [6.45, 7) is 1.40. The highest BCUT2D eigenvalue weighted by atomic mass is 16.6. The number of aromatic nitrogens is 1. The van der Waals surface area contributed by atoms with Gasteiger partial charge in [0.05, 0.1) is 10.5 Å². The first-order valence-corrected chi connectivity index (χ1v) is 6.75. The summed E-state index contributed by atoms with van der Waals surface area (Å²) in [4.78, 5) is 30.3. The minimum absolute atomic E-state index is 0.0288. The number of likely N-dealkylation sites (tertiary alicyclic amines) is 1. The number of carbonyl (C=O) groups excluding carboxylic acids is 1. The molecule has 1 fully saturated rings. The Hall–Kier alpha value is -2.22. The van der Waals surface area contributed by atoms with Crippen LogP contribution >= 0.6 is 0 Å². The van der Waals surface area contributed by atoms with E-state index in [1.54, 1.807) is 4.90 Å². The van der Waals surface area contributed by atoms with Gasteiger partial charge in [0.2, 0.25) is 0 Å². The van der Waals surface area contributed by atoms with E-state index in [2.05, 4.69) is 4.98 Å². The number of nitrogens with zero attached hydrogens (tertiary/aromatic N) is 4. The minimum atomic E-state index is -0.579. The number of nitro groups is 1. The lowest BCUT2D eigenvalue weighted by molar-refractivity contribution is -0.385. The van der Waals surface area contributed by atoms with Crippen molar-refractivity contribution in [3.8, 4) is 0 Å². The van der Waals surface area contributed by atoms with Gasteiger partial charge in [0, 0.05) is 25.2 Å². The standard InChI is InChI=1S/C13H19N5O3/c1-16(2)8-9-4-3-5-17(9)13(19)11-6-10(18(20)21)7-15-12(11)14/h6-7,9H,3-5,8H2,1-2H3,(H2,14,15). The first kappa shape index (κ1) is 15.2. The monoisotopic (exact) mass is 293 g/mol. The summed E-state index contributed by atoms with van der Waals surface area (Å²) in [7, 11) is 3.90. The Morgan fingerprint density at radius 2 is 2.33 bits per heavy atom. The maximum absolute atomic E-state index is 12.6. The van der Waals surface area contributed by atoms with Gasteiger partial charge >= 0.3 is 0 Å². The molecule has 114 valence electrons. The quantitative estimate of drug-likeness (QED) is 0.648. The van der Waals surface area contributed by atoms with Crippen LogP contribution in [0, 0.1) is 10.1 Å². The third-order valence-electron chi connectivity index (χ3n) is 3.56. The van der Waals surface area contributed by atoms with E-state index in [1.165, 1.54) is 6.07 Å². The average molecular weight is 293 g/mol. The molecule has 8 nitrogen and oxygen atoms in total. The van der Waals surface area contributed by atoms with E-state index in [9.17, 15) is 14.9 Å². The predicted molar refractivity (Wildman–Crippen MR) is 77.9 cm³/mol. The third kappa shape index (κ3) is 3.27. The summed E-state index contributed by atoms with van der Waals surface area (Å²) in [6.07, 6.45) is 2.91. The van der Waals surface area contributed by atoms with E-state index < -0.39 is 4.92 Å². The number of carbonyl (C=O) groups is 1. The molecule has 0 aliphatic carbocycles. The number of rotatable bonds is 4. The number of amides is 1. The number of anilines is 1. The normalized spacial score (nSPS) is 18.2. The summed E-state index contributed by atoms with van der Waals surface area (Å²) in [5, 5.41) is 10.8. The van der Waals surface area contributed by atoms with Crippen molar-refractivity contribution in [1.82, 2.24) is 14.8 Å². The zero-order chi connectivity index (χ0) is 15.6. The van der Waals surface area contributed by atoms with Crippen LogP contribution < -0.4 is 5.73 Å². The van der Waals surface area contributed by atoms with Crippen molar-refractivity contribution in [2.45, 2.75) is 18.9 Å². The molecule has 2 N–H and O–H groups in total. The molecule has 2 rings (SSSR count). The van der Waals surface area contributed by atoms with Crippen LogP contribution in [0.5, 0.6) is 0 Å². The zero-order valence-electron chi connectivity index (χ0n) is 12.2. The molecule has 0 radical (unpaired) electrons. The molecule has 0 aromatic carbocycles. The SMILES string of the molecule is CN(C)CC1CCCN1C(=O)c1cc([N+](=O)[O-])cnc1N. The fourth-order valence-corrected chi connectivity index (χ4v) is 2.60. The molecular weight excluding hydrogens is 274 g/mol. The molecule has 1 aliphatic rings. The van der Waals surface area contributed by atoms with Gasteiger partial charge in [-0.25, -0.2) is 4.98 Å². The predicted octanol–water partition coefficient (Wildman–Crippen LogP) is 0.738. The van der Waals surface area contributed by atoms with Gasteiger partial charge in [0.1, 0.15) is 12.0 Å². The minimum Gasteiger partial charge on any atom is -0.383 e. The lowest BCUT2D eigenvalue weighted by Crippen LogP contribution is -2.41. The second kappa shape index (κ2) is 6.04. The molecule has 1 saturated heterocycles. The maximum atomic E-state index is 12.6. The van der Waals surface area contributed by atoms with E-state index in [-0.39, 0.29) is 29.0 Å². The number of nitrogen functional groups attached to an aromatic ring is 1. The van der Waals surface area contributed by atoms with Crippen molar-refractivity contribution in [3.05, 3.63) is 27.9 Å². The number of nitrogens with two attached hydrogens (primary N) is 1. The van der Waals surface area contributed by atoms with Crippen molar-refractivity contribution in [2.75, 3.05) is 32.9 Å². The van der Waals surface area contributed by atoms with E-state index in [1.807, 2.05) is 19.0 Å². The van der Waals surface area contributed by atoms with Gasteiger partial charge in [-0.05, 0) is 26.9 Å². The molecule has 0 saturated carbocycles. The number of pyridine rings is 1. The summed E-state index contributed by atoms with van der Waals surface area (Å²) in [5.74, 6) is -0.255. The molecule has 1 unspecified atom stereocenters. The zero-order valence-corrected chi connectivity index (χ0v) is 12.2. The molecule has 1 aliphatic heterocycles. The summed E-state index contributed by atoms with van der Waals surface area (Å²) in [6, 6.07) is 1.31. The van der Waals surface area contributed by atoms with E-state index in [0.717, 1.165) is 25.6 Å². The van der Waals surface area contributed by atoms with Gasteiger partial charge < -0.3 is 15.5 Å². The third-order valence-corrected chi connectivity index (χ3v) is 3.56. The fourth-order valence-electron chi connectivity index (χ4n) is 2.60. The highest BCUT2D eigenvalue weighted by molar-refractivity contribution is 5.99. The van der Waals surface area contributed by atoms with Crippen LogP contribution in [0.3, 0.4) is 0 Å². The molecule has 1 aromatic heterocycles. The Kier molecular flexibility index (Phi) is 4.37. The Balaban J connectivity index is 2.26. The molecule has 0 spiro atoms. The summed E-state index contributed by atoms with van der Waals surface area (Å²) >= 11 is 0. The van der Waals surface area contributed by atoms with Gasteiger partial charge in [-0.3, -0.25) is 14.9 Å². The van der Waals surface area contributed by atoms with Crippen LogP contribution in [-0.2, 0) is 0 Å². The lowest BCUT2D eigenvalue weighted by atomic mass is 10.1. The van der Waals surface area contributed by atoms with Crippen molar-refractivity contribution < 1.29 is 9.72 Å². The first-order chi connectivity index (χ1) is 9.90. The average Bonchev–Trinajstić information content (AvgIpc) is 2.85.